The smallest absolute Gasteiger partial charge is 0.251 e. The number of benzene rings is 1. The van der Waals surface area contributed by atoms with Gasteiger partial charge in [0.05, 0.1) is 19.8 Å². The van der Waals surface area contributed by atoms with E-state index in [-0.39, 0.29) is 31.4 Å². The van der Waals surface area contributed by atoms with Crippen LogP contribution < -0.4 is 11.1 Å². The third kappa shape index (κ3) is 3.43. The van der Waals surface area contributed by atoms with Gasteiger partial charge in [-0.15, -0.1) is 12.4 Å². The molecule has 0 aliphatic carbocycles. The number of nitrogens with two attached hydrogens (primary N) is 1. The average Bonchev–Trinajstić information content (AvgIpc) is 2.86. The Morgan fingerprint density at radius 3 is 2.44 bits per heavy atom. The van der Waals surface area contributed by atoms with E-state index >= 15 is 0 Å². The standard InChI is InChI=1S/C12H16N2O3.ClH/c13-8-12(16-6-7-17-12)9-14-11(15)10-4-2-1-3-5-10;/h1-5H,6-9,13H2,(H,14,15);1H. The molecular weight excluding hydrogens is 256 g/mol. The number of carbonyl (C=O) groups is 1. The number of amides is 1. The molecule has 0 unspecified atom stereocenters. The Morgan fingerprint density at radius 2 is 1.89 bits per heavy atom. The fraction of sp³-hybridized carbons (Fsp3) is 0.417. The van der Waals surface area contributed by atoms with Gasteiger partial charge in [-0.1, -0.05) is 18.2 Å². The lowest BCUT2D eigenvalue weighted by Crippen LogP contribution is -2.49. The Labute approximate surface area is 112 Å². The first kappa shape index (κ1) is 14.9. The van der Waals surface area contributed by atoms with Gasteiger partial charge in [0.15, 0.2) is 5.79 Å². The van der Waals surface area contributed by atoms with Crippen molar-refractivity contribution in [3.63, 3.8) is 0 Å². The lowest BCUT2D eigenvalue weighted by atomic mass is 10.2. The molecular formula is C12H17ClN2O3. The molecule has 0 aromatic heterocycles. The molecule has 1 aromatic carbocycles. The van der Waals surface area contributed by atoms with E-state index in [9.17, 15) is 4.79 Å². The minimum atomic E-state index is -0.857. The summed E-state index contributed by atoms with van der Waals surface area (Å²) in [6, 6.07) is 9.00. The van der Waals surface area contributed by atoms with Gasteiger partial charge >= 0.3 is 0 Å². The molecule has 1 heterocycles. The maximum Gasteiger partial charge on any atom is 0.251 e. The number of ether oxygens (including phenoxy) is 2. The van der Waals surface area contributed by atoms with Crippen LogP contribution >= 0.6 is 12.4 Å². The maximum absolute atomic E-state index is 11.8. The summed E-state index contributed by atoms with van der Waals surface area (Å²) >= 11 is 0. The molecule has 0 saturated carbocycles. The number of halogens is 1. The molecule has 2 rings (SSSR count). The van der Waals surface area contributed by atoms with E-state index in [0.717, 1.165) is 0 Å². The largest absolute Gasteiger partial charge is 0.347 e. The molecule has 1 fully saturated rings. The van der Waals surface area contributed by atoms with Crippen LogP contribution in [-0.2, 0) is 9.47 Å². The quantitative estimate of drug-likeness (QED) is 0.839. The first-order chi connectivity index (χ1) is 8.26. The van der Waals surface area contributed by atoms with Gasteiger partial charge in [-0.25, -0.2) is 0 Å². The molecule has 100 valence electrons. The highest BCUT2D eigenvalue weighted by atomic mass is 35.5. The van der Waals surface area contributed by atoms with Crippen LogP contribution in [0.5, 0.6) is 0 Å². The average molecular weight is 273 g/mol. The van der Waals surface area contributed by atoms with E-state index < -0.39 is 5.79 Å². The molecule has 18 heavy (non-hydrogen) atoms. The van der Waals surface area contributed by atoms with Gasteiger partial charge in [0.1, 0.15) is 0 Å². The molecule has 1 aliphatic heterocycles. The topological polar surface area (TPSA) is 73.6 Å². The third-order valence-electron chi connectivity index (χ3n) is 2.68. The second-order valence-corrected chi connectivity index (χ2v) is 3.86. The van der Waals surface area contributed by atoms with E-state index in [0.29, 0.717) is 18.8 Å². The zero-order valence-electron chi connectivity index (χ0n) is 9.93. The van der Waals surface area contributed by atoms with Crippen LogP contribution in [0.2, 0.25) is 0 Å². The molecule has 1 saturated heterocycles. The molecule has 0 atom stereocenters. The monoisotopic (exact) mass is 272 g/mol. The van der Waals surface area contributed by atoms with E-state index in [1.54, 1.807) is 12.1 Å². The normalized spacial score (nSPS) is 16.9. The third-order valence-corrected chi connectivity index (χ3v) is 2.68. The summed E-state index contributed by atoms with van der Waals surface area (Å²) < 4.78 is 10.8. The second kappa shape index (κ2) is 6.70. The molecule has 6 heteroatoms. The van der Waals surface area contributed by atoms with Gasteiger partial charge in [0.25, 0.3) is 5.91 Å². The Kier molecular flexibility index (Phi) is 5.55. The summed E-state index contributed by atoms with van der Waals surface area (Å²) in [4.78, 5) is 11.8. The van der Waals surface area contributed by atoms with Crippen LogP contribution in [0.4, 0.5) is 0 Å². The molecule has 0 bridgehead atoms. The van der Waals surface area contributed by atoms with Gasteiger partial charge in [-0.3, -0.25) is 4.79 Å². The number of hydrogen-bond donors (Lipinski definition) is 2. The number of hydrogen-bond acceptors (Lipinski definition) is 4. The number of rotatable bonds is 4. The van der Waals surface area contributed by atoms with Crippen LogP contribution in [0.1, 0.15) is 10.4 Å². The highest BCUT2D eigenvalue weighted by Gasteiger charge is 2.35. The molecule has 5 nitrogen and oxygen atoms in total. The minimum absolute atomic E-state index is 0. The van der Waals surface area contributed by atoms with Crippen LogP contribution in [0, 0.1) is 0 Å². The van der Waals surface area contributed by atoms with Crippen molar-refractivity contribution in [3.05, 3.63) is 35.9 Å². The van der Waals surface area contributed by atoms with Crippen molar-refractivity contribution in [1.82, 2.24) is 5.32 Å². The Morgan fingerprint density at radius 1 is 1.28 bits per heavy atom. The van der Waals surface area contributed by atoms with Gasteiger partial charge in [-0.2, -0.15) is 0 Å². The van der Waals surface area contributed by atoms with Crippen LogP contribution in [0.25, 0.3) is 0 Å². The first-order valence-electron chi connectivity index (χ1n) is 5.57. The summed E-state index contributed by atoms with van der Waals surface area (Å²) in [7, 11) is 0. The minimum Gasteiger partial charge on any atom is -0.347 e. The Hall–Kier alpha value is -1.14. The summed E-state index contributed by atoms with van der Waals surface area (Å²) in [5.74, 6) is -1.01. The van der Waals surface area contributed by atoms with Crippen molar-refractivity contribution in [2.75, 3.05) is 26.3 Å². The van der Waals surface area contributed by atoms with Crippen LogP contribution in [-0.4, -0.2) is 38.0 Å². The maximum atomic E-state index is 11.8. The highest BCUT2D eigenvalue weighted by molar-refractivity contribution is 5.94. The van der Waals surface area contributed by atoms with Gasteiger partial charge in [0, 0.05) is 12.1 Å². The molecule has 0 spiro atoms. The molecule has 1 amide bonds. The van der Waals surface area contributed by atoms with Crippen molar-refractivity contribution in [2.45, 2.75) is 5.79 Å². The van der Waals surface area contributed by atoms with E-state index in [1.165, 1.54) is 0 Å². The lowest BCUT2D eigenvalue weighted by molar-refractivity contribution is -0.143. The molecule has 3 N–H and O–H groups in total. The van der Waals surface area contributed by atoms with Crippen molar-refractivity contribution >= 4 is 18.3 Å². The Bertz CT molecular complexity index is 380. The summed E-state index contributed by atoms with van der Waals surface area (Å²) in [5.41, 5.74) is 6.20. The fourth-order valence-corrected chi connectivity index (χ4v) is 1.70. The predicted octanol–water partition coefficient (Wildman–Crippen LogP) is 0.540. The lowest BCUT2D eigenvalue weighted by Gasteiger charge is -2.25. The summed E-state index contributed by atoms with van der Waals surface area (Å²) in [6.45, 7) is 1.51. The molecule has 0 radical (unpaired) electrons. The fourth-order valence-electron chi connectivity index (χ4n) is 1.70. The SMILES string of the molecule is Cl.NCC1(CNC(=O)c2ccccc2)OCCO1. The van der Waals surface area contributed by atoms with Crippen LogP contribution in [0.15, 0.2) is 30.3 Å². The Balaban J connectivity index is 0.00000162. The van der Waals surface area contributed by atoms with Crippen molar-refractivity contribution in [2.24, 2.45) is 5.73 Å². The predicted molar refractivity (Wildman–Crippen MR) is 69.7 cm³/mol. The van der Waals surface area contributed by atoms with Crippen molar-refractivity contribution < 1.29 is 14.3 Å². The van der Waals surface area contributed by atoms with E-state index in [1.807, 2.05) is 18.2 Å². The van der Waals surface area contributed by atoms with E-state index in [4.69, 9.17) is 15.2 Å². The van der Waals surface area contributed by atoms with Crippen molar-refractivity contribution in [3.8, 4) is 0 Å². The zero-order chi connectivity index (χ0) is 12.1. The summed E-state index contributed by atoms with van der Waals surface area (Å²) in [5, 5.41) is 2.76. The zero-order valence-corrected chi connectivity index (χ0v) is 10.7. The number of nitrogens with one attached hydrogen (secondary N) is 1. The molecule has 1 aromatic rings. The van der Waals surface area contributed by atoms with Gasteiger partial charge in [-0.05, 0) is 12.1 Å². The van der Waals surface area contributed by atoms with Gasteiger partial charge in [0.2, 0.25) is 0 Å². The summed E-state index contributed by atoms with van der Waals surface area (Å²) in [6.07, 6.45) is 0. The van der Waals surface area contributed by atoms with Crippen LogP contribution in [0.3, 0.4) is 0 Å². The number of carbonyl (C=O) groups excluding carboxylic acids is 1. The highest BCUT2D eigenvalue weighted by Crippen LogP contribution is 2.16. The molecule has 1 aliphatic rings. The first-order valence-corrected chi connectivity index (χ1v) is 5.57. The van der Waals surface area contributed by atoms with Crippen molar-refractivity contribution in [1.29, 1.82) is 0 Å². The van der Waals surface area contributed by atoms with Gasteiger partial charge < -0.3 is 20.5 Å². The van der Waals surface area contributed by atoms with E-state index in [2.05, 4.69) is 5.32 Å². The second-order valence-electron chi connectivity index (χ2n) is 3.86.